The zero-order chi connectivity index (χ0) is 24.1. The highest BCUT2D eigenvalue weighted by molar-refractivity contribution is 7.89. The van der Waals surface area contributed by atoms with Crippen molar-refractivity contribution in [1.29, 1.82) is 0 Å². The lowest BCUT2D eigenvalue weighted by Crippen LogP contribution is -2.31. The fourth-order valence-electron chi connectivity index (χ4n) is 3.52. The Balaban J connectivity index is 1.69. The molecular weight excluding hydrogens is 452 g/mol. The Labute approximate surface area is 199 Å². The SMILES string of the molecule is CN(C)S(=O)(=O)c1cccc(C(=O)N(CC=Cc2ccccc2)c2ccc3c(c2)OCCO3)c1. The highest BCUT2D eigenvalue weighted by Crippen LogP contribution is 2.34. The molecule has 3 aromatic rings. The summed E-state index contributed by atoms with van der Waals surface area (Å²) in [6.07, 6.45) is 3.83. The van der Waals surface area contributed by atoms with Crippen molar-refractivity contribution in [3.05, 3.63) is 90.0 Å². The van der Waals surface area contributed by atoms with Crippen LogP contribution in [0.1, 0.15) is 15.9 Å². The van der Waals surface area contributed by atoms with Gasteiger partial charge in [0.1, 0.15) is 13.2 Å². The van der Waals surface area contributed by atoms with Crippen LogP contribution >= 0.6 is 0 Å². The van der Waals surface area contributed by atoms with Gasteiger partial charge in [0.2, 0.25) is 10.0 Å². The summed E-state index contributed by atoms with van der Waals surface area (Å²) in [4.78, 5) is 15.3. The minimum absolute atomic E-state index is 0.0605. The molecule has 1 aliphatic heterocycles. The Morgan fingerprint density at radius 1 is 0.912 bits per heavy atom. The molecule has 176 valence electrons. The van der Waals surface area contributed by atoms with E-state index in [2.05, 4.69) is 0 Å². The summed E-state index contributed by atoms with van der Waals surface area (Å²) in [6, 6.07) is 21.2. The average molecular weight is 479 g/mol. The molecule has 0 radical (unpaired) electrons. The molecule has 1 aliphatic rings. The van der Waals surface area contributed by atoms with Gasteiger partial charge in [0, 0.05) is 38.0 Å². The summed E-state index contributed by atoms with van der Waals surface area (Å²) < 4.78 is 37.6. The molecule has 1 amide bonds. The van der Waals surface area contributed by atoms with Crippen LogP contribution in [0.4, 0.5) is 5.69 Å². The maximum Gasteiger partial charge on any atom is 0.258 e. The minimum atomic E-state index is -3.68. The summed E-state index contributed by atoms with van der Waals surface area (Å²) >= 11 is 0. The van der Waals surface area contributed by atoms with Crippen molar-refractivity contribution in [3.63, 3.8) is 0 Å². The Hall–Kier alpha value is -3.62. The van der Waals surface area contributed by atoms with E-state index < -0.39 is 10.0 Å². The second-order valence-corrected chi connectivity index (χ2v) is 10.0. The zero-order valence-corrected chi connectivity index (χ0v) is 19.9. The number of hydrogen-bond acceptors (Lipinski definition) is 5. The van der Waals surface area contributed by atoms with Crippen molar-refractivity contribution < 1.29 is 22.7 Å². The Bertz CT molecular complexity index is 1300. The van der Waals surface area contributed by atoms with Crippen LogP contribution in [0, 0.1) is 0 Å². The molecule has 8 heteroatoms. The van der Waals surface area contributed by atoms with E-state index in [9.17, 15) is 13.2 Å². The molecule has 0 aromatic heterocycles. The average Bonchev–Trinajstić information content (AvgIpc) is 2.86. The number of anilines is 1. The summed E-state index contributed by atoms with van der Waals surface area (Å²) in [7, 11) is -0.760. The van der Waals surface area contributed by atoms with Crippen molar-refractivity contribution in [3.8, 4) is 11.5 Å². The molecule has 0 aliphatic carbocycles. The number of carbonyl (C=O) groups excluding carboxylic acids is 1. The Kier molecular flexibility index (Phi) is 7.00. The number of rotatable bonds is 7. The largest absolute Gasteiger partial charge is 0.486 e. The van der Waals surface area contributed by atoms with Crippen molar-refractivity contribution in [2.24, 2.45) is 0 Å². The molecule has 0 fully saturated rings. The maximum atomic E-state index is 13.6. The van der Waals surface area contributed by atoms with Gasteiger partial charge >= 0.3 is 0 Å². The number of hydrogen-bond donors (Lipinski definition) is 0. The van der Waals surface area contributed by atoms with E-state index in [1.165, 1.54) is 26.2 Å². The molecule has 0 spiro atoms. The summed E-state index contributed by atoms with van der Waals surface area (Å²) in [5, 5.41) is 0. The first kappa shape index (κ1) is 23.5. The zero-order valence-electron chi connectivity index (χ0n) is 19.0. The van der Waals surface area contributed by atoms with Gasteiger partial charge in [-0.05, 0) is 35.9 Å². The quantitative estimate of drug-likeness (QED) is 0.512. The molecule has 7 nitrogen and oxygen atoms in total. The topological polar surface area (TPSA) is 76.2 Å². The maximum absolute atomic E-state index is 13.6. The third-order valence-electron chi connectivity index (χ3n) is 5.34. The number of benzene rings is 3. The van der Waals surface area contributed by atoms with Crippen LogP contribution in [-0.2, 0) is 10.0 Å². The van der Waals surface area contributed by atoms with Gasteiger partial charge in [-0.3, -0.25) is 4.79 Å². The predicted octanol–water partition coefficient (Wildman–Crippen LogP) is 4.07. The molecule has 0 saturated carbocycles. The van der Waals surface area contributed by atoms with Crippen molar-refractivity contribution in [2.45, 2.75) is 4.90 Å². The monoisotopic (exact) mass is 478 g/mol. The summed E-state index contributed by atoms with van der Waals surface area (Å²) in [6.45, 7) is 1.18. The number of carbonyl (C=O) groups is 1. The highest BCUT2D eigenvalue weighted by Gasteiger charge is 2.23. The normalized spacial score (nSPS) is 13.3. The van der Waals surface area contributed by atoms with Gasteiger partial charge in [-0.2, -0.15) is 0 Å². The van der Waals surface area contributed by atoms with Crippen molar-refractivity contribution in [1.82, 2.24) is 4.31 Å². The Morgan fingerprint density at radius 2 is 1.65 bits per heavy atom. The second-order valence-electron chi connectivity index (χ2n) is 7.87. The number of nitrogens with zero attached hydrogens (tertiary/aromatic N) is 2. The van der Waals surface area contributed by atoms with E-state index in [0.29, 0.717) is 30.4 Å². The van der Waals surface area contributed by atoms with E-state index in [1.807, 2.05) is 42.5 Å². The second kappa shape index (κ2) is 10.1. The number of sulfonamides is 1. The van der Waals surface area contributed by atoms with E-state index in [1.54, 1.807) is 35.2 Å². The molecule has 4 rings (SSSR count). The number of amides is 1. The lowest BCUT2D eigenvalue weighted by molar-refractivity contribution is 0.0989. The molecule has 1 heterocycles. The minimum Gasteiger partial charge on any atom is -0.486 e. The molecular formula is C26H26N2O5S. The third-order valence-corrected chi connectivity index (χ3v) is 7.15. The van der Waals surface area contributed by atoms with Gasteiger partial charge in [0.05, 0.1) is 4.90 Å². The first-order chi connectivity index (χ1) is 16.4. The fraction of sp³-hybridized carbons (Fsp3) is 0.192. The van der Waals surface area contributed by atoms with Gasteiger partial charge < -0.3 is 14.4 Å². The predicted molar refractivity (Wildman–Crippen MR) is 132 cm³/mol. The van der Waals surface area contributed by atoms with Crippen molar-refractivity contribution >= 4 is 27.7 Å². The number of ether oxygens (including phenoxy) is 2. The van der Waals surface area contributed by atoms with E-state index in [-0.39, 0.29) is 22.9 Å². The van der Waals surface area contributed by atoms with Gasteiger partial charge in [-0.25, -0.2) is 12.7 Å². The van der Waals surface area contributed by atoms with Gasteiger partial charge in [-0.1, -0.05) is 48.6 Å². The molecule has 0 N–H and O–H groups in total. The van der Waals surface area contributed by atoms with E-state index in [4.69, 9.17) is 9.47 Å². The smallest absolute Gasteiger partial charge is 0.258 e. The van der Waals surface area contributed by atoms with Crippen LogP contribution < -0.4 is 14.4 Å². The standard InChI is InChI=1S/C26H26N2O5S/c1-27(2)34(30,31)23-12-6-11-21(18-23)26(29)28(15-7-10-20-8-4-3-5-9-20)22-13-14-24-25(19-22)33-17-16-32-24/h3-14,18-19H,15-17H2,1-2H3. The van der Waals surface area contributed by atoms with Crippen LogP contribution in [-0.4, -0.2) is 52.5 Å². The van der Waals surface area contributed by atoms with Gasteiger partial charge in [0.15, 0.2) is 11.5 Å². The van der Waals surface area contributed by atoms with E-state index in [0.717, 1.165) is 9.87 Å². The molecule has 3 aromatic carbocycles. The third kappa shape index (κ3) is 5.13. The fourth-order valence-corrected chi connectivity index (χ4v) is 4.47. The highest BCUT2D eigenvalue weighted by atomic mass is 32.2. The molecule has 0 bridgehead atoms. The lowest BCUT2D eigenvalue weighted by atomic mass is 10.1. The van der Waals surface area contributed by atoms with Crippen molar-refractivity contribution in [2.75, 3.05) is 38.8 Å². The summed E-state index contributed by atoms with van der Waals surface area (Å²) in [5.74, 6) is 0.865. The summed E-state index contributed by atoms with van der Waals surface area (Å²) in [5.41, 5.74) is 1.90. The molecule has 0 unspecified atom stereocenters. The first-order valence-electron chi connectivity index (χ1n) is 10.8. The lowest BCUT2D eigenvalue weighted by Gasteiger charge is -2.25. The molecule has 0 saturated heterocycles. The Morgan fingerprint density at radius 3 is 2.38 bits per heavy atom. The van der Waals surface area contributed by atoms with Crippen LogP contribution in [0.5, 0.6) is 11.5 Å². The van der Waals surface area contributed by atoms with E-state index >= 15 is 0 Å². The molecule has 0 atom stereocenters. The van der Waals surface area contributed by atoms with Crippen LogP contribution in [0.15, 0.2) is 83.8 Å². The van der Waals surface area contributed by atoms with Crippen LogP contribution in [0.3, 0.4) is 0 Å². The van der Waals surface area contributed by atoms with Gasteiger partial charge in [-0.15, -0.1) is 0 Å². The first-order valence-corrected chi connectivity index (χ1v) is 12.3. The van der Waals surface area contributed by atoms with Crippen LogP contribution in [0.25, 0.3) is 6.08 Å². The number of fused-ring (bicyclic) bond motifs is 1. The van der Waals surface area contributed by atoms with Gasteiger partial charge in [0.25, 0.3) is 5.91 Å². The van der Waals surface area contributed by atoms with Crippen LogP contribution in [0.2, 0.25) is 0 Å². The molecule has 34 heavy (non-hydrogen) atoms.